The normalized spacial score (nSPS) is 18.5. The Labute approximate surface area is 171 Å². The summed E-state index contributed by atoms with van der Waals surface area (Å²) in [5.74, 6) is -0.692. The molecule has 0 bridgehead atoms. The van der Waals surface area contributed by atoms with Gasteiger partial charge in [0.25, 0.3) is 5.91 Å². The third-order valence-corrected chi connectivity index (χ3v) is 5.72. The fourth-order valence-corrected chi connectivity index (χ4v) is 4.20. The van der Waals surface area contributed by atoms with Gasteiger partial charge in [-0.1, -0.05) is 59.3 Å². The molecule has 3 aromatic rings. The van der Waals surface area contributed by atoms with Crippen LogP contribution < -0.4 is 4.90 Å². The van der Waals surface area contributed by atoms with Crippen molar-refractivity contribution in [3.05, 3.63) is 76.3 Å². The molecule has 0 radical (unpaired) electrons. The van der Waals surface area contributed by atoms with Gasteiger partial charge >= 0.3 is 0 Å². The first kappa shape index (κ1) is 18.8. The zero-order valence-corrected chi connectivity index (χ0v) is 17.1. The Morgan fingerprint density at radius 2 is 1.82 bits per heavy atom. The second-order valence-electron chi connectivity index (χ2n) is 7.14. The molecule has 0 aromatic heterocycles. The van der Waals surface area contributed by atoms with Crippen LogP contribution in [0.15, 0.2) is 65.1 Å². The molecule has 142 valence electrons. The average molecular weight is 438 g/mol. The number of halogens is 1. The zero-order chi connectivity index (χ0) is 19.9. The molecule has 4 nitrogen and oxygen atoms in total. The third kappa shape index (κ3) is 3.05. The van der Waals surface area contributed by atoms with Crippen molar-refractivity contribution in [2.45, 2.75) is 25.4 Å². The van der Waals surface area contributed by atoms with E-state index in [-0.39, 0.29) is 12.2 Å². The van der Waals surface area contributed by atoms with Crippen molar-refractivity contribution in [1.82, 2.24) is 0 Å². The Morgan fingerprint density at radius 1 is 1.07 bits per heavy atom. The Kier molecular flexibility index (Phi) is 4.81. The Balaban J connectivity index is 1.72. The molecule has 0 spiro atoms. The molecule has 0 saturated heterocycles. The van der Waals surface area contributed by atoms with E-state index in [1.165, 1.54) is 0 Å². The Hall–Kier alpha value is -2.50. The van der Waals surface area contributed by atoms with Crippen molar-refractivity contribution >= 4 is 44.1 Å². The first-order valence-electron chi connectivity index (χ1n) is 9.30. The van der Waals surface area contributed by atoms with E-state index in [0.29, 0.717) is 23.4 Å². The molecule has 1 atom stereocenters. The lowest BCUT2D eigenvalue weighted by atomic mass is 9.87. The zero-order valence-electron chi connectivity index (χ0n) is 15.5. The minimum absolute atomic E-state index is 0.258. The van der Waals surface area contributed by atoms with E-state index >= 15 is 0 Å². The molecule has 3 aromatic carbocycles. The van der Waals surface area contributed by atoms with Gasteiger partial charge in [0.15, 0.2) is 11.4 Å². The Morgan fingerprint density at radius 3 is 2.57 bits per heavy atom. The number of fused-ring (bicyclic) bond motifs is 2. The van der Waals surface area contributed by atoms with E-state index in [0.717, 1.165) is 21.7 Å². The van der Waals surface area contributed by atoms with Gasteiger partial charge in [-0.25, -0.2) is 0 Å². The number of ketones is 1. The van der Waals surface area contributed by atoms with Crippen molar-refractivity contribution in [3.63, 3.8) is 0 Å². The monoisotopic (exact) mass is 437 g/mol. The fraction of sp³-hybridized carbons (Fsp3) is 0.217. The van der Waals surface area contributed by atoms with Crippen LogP contribution in [-0.2, 0) is 10.4 Å². The molecule has 0 fully saturated rings. The molecule has 1 N–H and O–H groups in total. The first-order chi connectivity index (χ1) is 13.4. The van der Waals surface area contributed by atoms with Crippen LogP contribution in [0.4, 0.5) is 5.69 Å². The summed E-state index contributed by atoms with van der Waals surface area (Å²) in [6.07, 6.45) is 0.476. The number of aliphatic hydroxyl groups is 1. The number of carbonyl (C=O) groups is 2. The number of hydrogen-bond acceptors (Lipinski definition) is 3. The molecule has 1 amide bonds. The van der Waals surface area contributed by atoms with Crippen molar-refractivity contribution < 1.29 is 14.7 Å². The van der Waals surface area contributed by atoms with Gasteiger partial charge in [0.05, 0.1) is 12.1 Å². The lowest BCUT2D eigenvalue weighted by Crippen LogP contribution is -2.42. The van der Waals surface area contributed by atoms with Crippen LogP contribution in [0.25, 0.3) is 10.8 Å². The predicted octanol–water partition coefficient (Wildman–Crippen LogP) is 4.82. The smallest absolute Gasteiger partial charge is 0.264 e. The van der Waals surface area contributed by atoms with Gasteiger partial charge in [-0.3, -0.25) is 9.59 Å². The molecule has 28 heavy (non-hydrogen) atoms. The van der Waals surface area contributed by atoms with Crippen molar-refractivity contribution in [3.8, 4) is 0 Å². The second kappa shape index (κ2) is 7.15. The molecular formula is C23H20BrNO3. The molecular weight excluding hydrogens is 418 g/mol. The van der Waals surface area contributed by atoms with E-state index < -0.39 is 11.5 Å². The summed E-state index contributed by atoms with van der Waals surface area (Å²) in [5, 5.41) is 13.3. The highest BCUT2D eigenvalue weighted by atomic mass is 79.9. The van der Waals surface area contributed by atoms with Crippen LogP contribution in [0.3, 0.4) is 0 Å². The van der Waals surface area contributed by atoms with E-state index in [9.17, 15) is 14.7 Å². The topological polar surface area (TPSA) is 57.6 Å². The number of nitrogens with zero attached hydrogens (tertiary/aromatic N) is 1. The van der Waals surface area contributed by atoms with Crippen molar-refractivity contribution in [2.24, 2.45) is 0 Å². The van der Waals surface area contributed by atoms with Gasteiger partial charge in [-0.05, 0) is 41.5 Å². The van der Waals surface area contributed by atoms with Gasteiger partial charge < -0.3 is 10.0 Å². The third-order valence-electron chi connectivity index (χ3n) is 5.23. The van der Waals surface area contributed by atoms with E-state index in [4.69, 9.17) is 0 Å². The van der Waals surface area contributed by atoms with Crippen LogP contribution in [-0.4, -0.2) is 23.3 Å². The molecule has 0 unspecified atom stereocenters. The number of Topliss-reactive ketones (excluding diaryl/α,β-unsaturated/α-hetero) is 1. The summed E-state index contributed by atoms with van der Waals surface area (Å²) in [5.41, 5.74) is -0.208. The maximum absolute atomic E-state index is 13.1. The lowest BCUT2D eigenvalue weighted by Gasteiger charge is -2.22. The molecule has 0 saturated carbocycles. The van der Waals surface area contributed by atoms with Crippen LogP contribution in [0.1, 0.15) is 35.7 Å². The molecule has 1 aliphatic heterocycles. The van der Waals surface area contributed by atoms with E-state index in [1.807, 2.05) is 55.5 Å². The summed E-state index contributed by atoms with van der Waals surface area (Å²) in [6, 6.07) is 18.6. The lowest BCUT2D eigenvalue weighted by molar-refractivity contribution is -0.135. The van der Waals surface area contributed by atoms with Gasteiger partial charge in [0, 0.05) is 22.1 Å². The van der Waals surface area contributed by atoms with Crippen molar-refractivity contribution in [1.29, 1.82) is 0 Å². The van der Waals surface area contributed by atoms with Crippen molar-refractivity contribution in [2.75, 3.05) is 11.4 Å². The largest absolute Gasteiger partial charge is 0.375 e. The number of carbonyl (C=O) groups excluding carboxylic acids is 2. The quantitative estimate of drug-likeness (QED) is 0.582. The Bertz CT molecular complexity index is 1090. The summed E-state index contributed by atoms with van der Waals surface area (Å²) in [7, 11) is 0. The summed E-state index contributed by atoms with van der Waals surface area (Å²) < 4.78 is 0.758. The van der Waals surface area contributed by atoms with Gasteiger partial charge in [0.1, 0.15) is 0 Å². The number of amides is 1. The van der Waals surface area contributed by atoms with Crippen LogP contribution >= 0.6 is 15.9 Å². The van der Waals surface area contributed by atoms with Crippen LogP contribution in [0, 0.1) is 0 Å². The molecule has 1 aliphatic rings. The minimum Gasteiger partial charge on any atom is -0.375 e. The maximum Gasteiger partial charge on any atom is 0.264 e. The summed E-state index contributed by atoms with van der Waals surface area (Å²) in [4.78, 5) is 27.7. The highest BCUT2D eigenvalue weighted by Crippen LogP contribution is 2.44. The minimum atomic E-state index is -1.85. The number of rotatable bonds is 5. The number of benzene rings is 3. The highest BCUT2D eigenvalue weighted by molar-refractivity contribution is 9.10. The van der Waals surface area contributed by atoms with Gasteiger partial charge in [0.2, 0.25) is 0 Å². The number of anilines is 1. The second-order valence-corrected chi connectivity index (χ2v) is 8.06. The average Bonchev–Trinajstić information content (AvgIpc) is 2.89. The molecule has 4 rings (SSSR count). The summed E-state index contributed by atoms with van der Waals surface area (Å²) >= 11 is 3.41. The van der Waals surface area contributed by atoms with E-state index in [1.54, 1.807) is 17.0 Å². The molecule has 0 aliphatic carbocycles. The van der Waals surface area contributed by atoms with Crippen LogP contribution in [0.2, 0.25) is 0 Å². The molecule has 5 heteroatoms. The maximum atomic E-state index is 13.1. The molecule has 1 heterocycles. The SMILES string of the molecule is CCCN1C(=O)[C@@](O)(CC(=O)c2ccc3ccccc3c2)c2cc(Br)ccc21. The summed E-state index contributed by atoms with van der Waals surface area (Å²) in [6.45, 7) is 2.48. The van der Waals surface area contributed by atoms with Gasteiger partial charge in [-0.15, -0.1) is 0 Å². The van der Waals surface area contributed by atoms with Crippen LogP contribution in [0.5, 0.6) is 0 Å². The predicted molar refractivity (Wildman–Crippen MR) is 114 cm³/mol. The number of hydrogen-bond donors (Lipinski definition) is 1. The fourth-order valence-electron chi connectivity index (χ4n) is 3.84. The van der Waals surface area contributed by atoms with Gasteiger partial charge in [-0.2, -0.15) is 0 Å². The highest BCUT2D eigenvalue weighted by Gasteiger charge is 2.50. The first-order valence-corrected chi connectivity index (χ1v) is 10.1. The standard InChI is InChI=1S/C23H20BrNO3/c1-2-11-25-20-10-9-18(24)13-19(20)23(28,22(25)27)14-21(26)17-8-7-15-5-3-4-6-16(15)12-17/h3-10,12-13,28H,2,11,14H2,1H3/t23-/m1/s1. The van der Waals surface area contributed by atoms with E-state index in [2.05, 4.69) is 15.9 Å².